The molecule has 3 unspecified atom stereocenters. The van der Waals surface area contributed by atoms with Crippen molar-refractivity contribution in [1.29, 1.82) is 0 Å². The lowest BCUT2D eigenvalue weighted by Crippen LogP contribution is -2.48. The third kappa shape index (κ3) is 48.6. The van der Waals surface area contributed by atoms with Crippen molar-refractivity contribution in [2.45, 2.75) is 334 Å². The number of aliphatic hydroxyl groups excluding tert-OH is 3. The number of hydrogen-bond donors (Lipinski definition) is 4. The maximum atomic E-state index is 12.6. The van der Waals surface area contributed by atoms with Crippen LogP contribution in [0.2, 0.25) is 0 Å². The summed E-state index contributed by atoms with van der Waals surface area (Å²) in [5, 5.41) is 33.4. The normalized spacial score (nSPS) is 13.4. The molecule has 5 heteroatoms. The average Bonchev–Trinajstić information content (AvgIpc) is 3.29. The summed E-state index contributed by atoms with van der Waals surface area (Å²) >= 11 is 0. The van der Waals surface area contributed by atoms with E-state index in [1.807, 2.05) is 6.08 Å². The molecule has 0 aliphatic heterocycles. The number of amides is 1. The molecule has 0 rings (SSSR count). The monoisotopic (exact) mass is 888 g/mol. The minimum atomic E-state index is -1.10. The summed E-state index contributed by atoms with van der Waals surface area (Å²) in [6.07, 6.45) is 68.3. The van der Waals surface area contributed by atoms with Crippen LogP contribution in [0.3, 0.4) is 0 Å². The van der Waals surface area contributed by atoms with Gasteiger partial charge in [0.1, 0.15) is 6.10 Å². The zero-order valence-corrected chi connectivity index (χ0v) is 42.7. The van der Waals surface area contributed by atoms with Crippen molar-refractivity contribution in [2.24, 2.45) is 0 Å². The first-order valence-electron chi connectivity index (χ1n) is 28.7. The Morgan fingerprint density at radius 1 is 0.381 bits per heavy atom. The molecule has 0 aromatic rings. The van der Waals surface area contributed by atoms with Gasteiger partial charge in [0.15, 0.2) is 0 Å². The average molecular weight is 889 g/mol. The van der Waals surface area contributed by atoms with Crippen molar-refractivity contribution in [3.63, 3.8) is 0 Å². The molecule has 0 saturated carbocycles. The largest absolute Gasteiger partial charge is 0.394 e. The number of nitrogens with one attached hydrogen (secondary N) is 1. The first kappa shape index (κ1) is 61.8. The summed E-state index contributed by atoms with van der Waals surface area (Å²) < 4.78 is 0. The third-order valence-corrected chi connectivity index (χ3v) is 13.5. The van der Waals surface area contributed by atoms with Crippen LogP contribution in [0.15, 0.2) is 24.3 Å². The van der Waals surface area contributed by atoms with Gasteiger partial charge in [-0.2, -0.15) is 0 Å². The van der Waals surface area contributed by atoms with Gasteiger partial charge in [-0.05, 0) is 44.9 Å². The van der Waals surface area contributed by atoms with Gasteiger partial charge in [0.25, 0.3) is 0 Å². The fraction of sp³-hybridized carbons (Fsp3) is 0.914. The van der Waals surface area contributed by atoms with Crippen molar-refractivity contribution in [2.75, 3.05) is 6.61 Å². The highest BCUT2D eigenvalue weighted by atomic mass is 16.3. The Morgan fingerprint density at radius 2 is 0.635 bits per heavy atom. The number of aliphatic hydroxyl groups is 3. The SMILES string of the molecule is CCCCCCCCCCCCCC/C=C\CCCCCCCCCCCCCCCC(O)C(=O)NC(CO)C(O)/C=C/CCCCCCCCCCCCCCCCCCCC. The predicted molar refractivity (Wildman–Crippen MR) is 278 cm³/mol. The Labute approximate surface area is 394 Å². The summed E-state index contributed by atoms with van der Waals surface area (Å²) in [5.41, 5.74) is 0. The molecule has 0 heterocycles. The first-order chi connectivity index (χ1) is 31.1. The van der Waals surface area contributed by atoms with Crippen molar-refractivity contribution in [1.82, 2.24) is 5.32 Å². The van der Waals surface area contributed by atoms with E-state index in [1.165, 1.54) is 263 Å². The summed E-state index contributed by atoms with van der Waals surface area (Å²) in [6.45, 7) is 4.22. The third-order valence-electron chi connectivity index (χ3n) is 13.5. The highest BCUT2D eigenvalue weighted by Gasteiger charge is 2.22. The minimum Gasteiger partial charge on any atom is -0.394 e. The van der Waals surface area contributed by atoms with Crippen LogP contribution in [0, 0.1) is 0 Å². The van der Waals surface area contributed by atoms with Crippen molar-refractivity contribution in [3.05, 3.63) is 24.3 Å². The van der Waals surface area contributed by atoms with Crippen LogP contribution in [0.25, 0.3) is 0 Å². The second-order valence-electron chi connectivity index (χ2n) is 19.9. The van der Waals surface area contributed by atoms with Crippen LogP contribution in [-0.2, 0) is 4.79 Å². The molecule has 0 radical (unpaired) electrons. The summed E-state index contributed by atoms with van der Waals surface area (Å²) in [5.74, 6) is -0.498. The van der Waals surface area contributed by atoms with Gasteiger partial charge >= 0.3 is 0 Å². The summed E-state index contributed by atoms with van der Waals surface area (Å²) in [7, 11) is 0. The number of hydrogen-bond acceptors (Lipinski definition) is 4. The lowest BCUT2D eigenvalue weighted by atomic mass is 10.0. The van der Waals surface area contributed by atoms with E-state index >= 15 is 0 Å². The number of unbranched alkanes of at least 4 members (excludes halogenated alkanes) is 43. The second-order valence-corrected chi connectivity index (χ2v) is 19.9. The Bertz CT molecular complexity index is 936. The maximum absolute atomic E-state index is 12.6. The van der Waals surface area contributed by atoms with E-state index in [2.05, 4.69) is 31.3 Å². The van der Waals surface area contributed by atoms with Crippen LogP contribution in [0.5, 0.6) is 0 Å². The molecule has 0 saturated heterocycles. The molecule has 0 aliphatic carbocycles. The van der Waals surface area contributed by atoms with Crippen LogP contribution in [0.4, 0.5) is 0 Å². The topological polar surface area (TPSA) is 89.8 Å². The molecule has 0 bridgehead atoms. The second kappa shape index (κ2) is 53.4. The van der Waals surface area contributed by atoms with E-state index in [0.717, 1.165) is 32.1 Å². The molecule has 0 aliphatic rings. The van der Waals surface area contributed by atoms with Crippen LogP contribution < -0.4 is 5.32 Å². The van der Waals surface area contributed by atoms with Gasteiger partial charge in [-0.15, -0.1) is 0 Å². The molecule has 1 amide bonds. The molecule has 0 aromatic heterocycles. The van der Waals surface area contributed by atoms with E-state index in [-0.39, 0.29) is 6.61 Å². The van der Waals surface area contributed by atoms with Gasteiger partial charge in [-0.1, -0.05) is 295 Å². The summed E-state index contributed by atoms with van der Waals surface area (Å²) in [6, 6.07) is -0.797. The number of rotatable bonds is 53. The van der Waals surface area contributed by atoms with Crippen LogP contribution in [0.1, 0.15) is 316 Å². The highest BCUT2D eigenvalue weighted by Crippen LogP contribution is 2.17. The maximum Gasteiger partial charge on any atom is 0.249 e. The predicted octanol–water partition coefficient (Wildman–Crippen LogP) is 17.7. The Balaban J connectivity index is 3.54. The molecule has 3 atom stereocenters. The zero-order valence-electron chi connectivity index (χ0n) is 42.7. The van der Waals surface area contributed by atoms with Gasteiger partial charge in [-0.3, -0.25) is 4.79 Å². The molecule has 0 aromatic carbocycles. The fourth-order valence-corrected chi connectivity index (χ4v) is 9.07. The smallest absolute Gasteiger partial charge is 0.249 e. The highest BCUT2D eigenvalue weighted by molar-refractivity contribution is 5.80. The molecule has 5 nitrogen and oxygen atoms in total. The van der Waals surface area contributed by atoms with Crippen LogP contribution in [-0.4, -0.2) is 46.1 Å². The van der Waals surface area contributed by atoms with E-state index in [9.17, 15) is 20.1 Å². The van der Waals surface area contributed by atoms with Gasteiger partial charge in [-0.25, -0.2) is 0 Å². The van der Waals surface area contributed by atoms with E-state index in [1.54, 1.807) is 6.08 Å². The van der Waals surface area contributed by atoms with Gasteiger partial charge in [0.05, 0.1) is 18.8 Å². The number of carbonyl (C=O) groups excluding carboxylic acids is 1. The first-order valence-corrected chi connectivity index (χ1v) is 28.7. The van der Waals surface area contributed by atoms with Gasteiger partial charge < -0.3 is 20.6 Å². The molecule has 4 N–H and O–H groups in total. The fourth-order valence-electron chi connectivity index (χ4n) is 9.07. The molecular formula is C58H113NO4. The number of allylic oxidation sites excluding steroid dienone is 3. The minimum absolute atomic E-state index is 0.361. The Hall–Kier alpha value is -1.17. The molecule has 0 spiro atoms. The van der Waals surface area contributed by atoms with Crippen LogP contribution >= 0.6 is 0 Å². The van der Waals surface area contributed by atoms with Gasteiger partial charge in [0, 0.05) is 0 Å². The molecule has 374 valence electrons. The summed E-state index contributed by atoms with van der Waals surface area (Å²) in [4.78, 5) is 12.6. The quantitative estimate of drug-likeness (QED) is 0.0362. The van der Waals surface area contributed by atoms with Crippen molar-refractivity contribution in [3.8, 4) is 0 Å². The van der Waals surface area contributed by atoms with E-state index in [0.29, 0.717) is 6.42 Å². The molecule has 0 fully saturated rings. The Kier molecular flexibility index (Phi) is 52.5. The molecular weight excluding hydrogens is 775 g/mol. The van der Waals surface area contributed by atoms with E-state index in [4.69, 9.17) is 0 Å². The van der Waals surface area contributed by atoms with E-state index < -0.39 is 24.2 Å². The standard InChI is InChI=1S/C58H113NO4/c1-3-5-7-9-11-13-15-17-19-21-23-25-26-27-28-29-30-31-32-33-35-37-39-41-43-45-47-49-51-53-57(62)58(63)59-55(54-60)56(61)52-50-48-46-44-42-40-38-36-34-24-22-20-18-16-14-12-10-8-6-4-2/h27-28,50,52,55-57,60-62H,3-26,29-49,51,53-54H2,1-2H3,(H,59,63)/b28-27-,52-50+. The lowest BCUT2D eigenvalue weighted by molar-refractivity contribution is -0.131. The van der Waals surface area contributed by atoms with Crippen molar-refractivity contribution < 1.29 is 20.1 Å². The zero-order chi connectivity index (χ0) is 45.8. The lowest BCUT2D eigenvalue weighted by Gasteiger charge is -2.21. The number of carbonyl (C=O) groups is 1. The van der Waals surface area contributed by atoms with Gasteiger partial charge in [0.2, 0.25) is 5.91 Å². The Morgan fingerprint density at radius 3 is 0.921 bits per heavy atom. The van der Waals surface area contributed by atoms with Crippen molar-refractivity contribution >= 4 is 5.91 Å². The molecule has 63 heavy (non-hydrogen) atoms.